The summed E-state index contributed by atoms with van der Waals surface area (Å²) in [6, 6.07) is 12.3. The zero-order valence-corrected chi connectivity index (χ0v) is 16.8. The van der Waals surface area contributed by atoms with Gasteiger partial charge in [-0.3, -0.25) is 0 Å². The Kier molecular flexibility index (Phi) is 5.69. The van der Waals surface area contributed by atoms with E-state index in [9.17, 15) is 12.8 Å². The minimum absolute atomic E-state index is 0.0314. The lowest BCUT2D eigenvalue weighted by atomic mass is 10.0. The van der Waals surface area contributed by atoms with Crippen molar-refractivity contribution in [2.45, 2.75) is 43.0 Å². The van der Waals surface area contributed by atoms with Crippen LogP contribution in [0, 0.1) is 5.82 Å². The first-order chi connectivity index (χ1) is 13.5. The highest BCUT2D eigenvalue weighted by atomic mass is 32.2. The number of fused-ring (bicyclic) bond motifs is 1. The van der Waals surface area contributed by atoms with Crippen molar-refractivity contribution in [3.8, 4) is 0 Å². The minimum atomic E-state index is -3.38. The van der Waals surface area contributed by atoms with Gasteiger partial charge in [-0.05, 0) is 79.6 Å². The summed E-state index contributed by atoms with van der Waals surface area (Å²) in [7, 11) is -3.38. The van der Waals surface area contributed by atoms with Gasteiger partial charge in [-0.2, -0.15) is 0 Å². The van der Waals surface area contributed by atoms with Crippen molar-refractivity contribution in [2.24, 2.45) is 0 Å². The molecule has 1 aliphatic heterocycles. The summed E-state index contributed by atoms with van der Waals surface area (Å²) in [5.74, 6) is -0.392. The van der Waals surface area contributed by atoms with E-state index in [0.717, 1.165) is 25.9 Å². The highest BCUT2D eigenvalue weighted by molar-refractivity contribution is 7.91. The van der Waals surface area contributed by atoms with Gasteiger partial charge in [0.05, 0.1) is 10.6 Å². The molecule has 4 rings (SSSR count). The molecule has 0 spiro atoms. The van der Waals surface area contributed by atoms with E-state index in [0.29, 0.717) is 12.6 Å². The molecule has 1 N–H and O–H groups in total. The molecule has 150 valence electrons. The van der Waals surface area contributed by atoms with Crippen LogP contribution in [0.4, 0.5) is 10.1 Å². The van der Waals surface area contributed by atoms with Crippen LogP contribution in [0.15, 0.2) is 47.4 Å². The molecule has 2 aromatic carbocycles. The third kappa shape index (κ3) is 4.39. The lowest BCUT2D eigenvalue weighted by Gasteiger charge is -2.34. The first-order valence-electron chi connectivity index (χ1n) is 10.1. The van der Waals surface area contributed by atoms with E-state index in [1.165, 1.54) is 60.3 Å². The Morgan fingerprint density at radius 3 is 2.46 bits per heavy atom. The average molecular weight is 403 g/mol. The van der Waals surface area contributed by atoms with Crippen LogP contribution in [0.2, 0.25) is 0 Å². The zero-order valence-electron chi connectivity index (χ0n) is 16.0. The summed E-state index contributed by atoms with van der Waals surface area (Å²) in [6.45, 7) is 2.39. The summed E-state index contributed by atoms with van der Waals surface area (Å²) >= 11 is 0. The van der Waals surface area contributed by atoms with Crippen molar-refractivity contribution in [3.63, 3.8) is 0 Å². The van der Waals surface area contributed by atoms with Crippen molar-refractivity contribution in [2.75, 3.05) is 30.3 Å². The number of nitrogens with zero attached hydrogens (tertiary/aromatic N) is 1. The van der Waals surface area contributed by atoms with Gasteiger partial charge < -0.3 is 10.2 Å². The molecule has 4 nitrogen and oxygen atoms in total. The fraction of sp³-hybridized carbons (Fsp3) is 0.455. The van der Waals surface area contributed by atoms with Crippen molar-refractivity contribution < 1.29 is 12.8 Å². The maximum Gasteiger partial charge on any atom is 0.179 e. The fourth-order valence-electron chi connectivity index (χ4n) is 4.25. The van der Waals surface area contributed by atoms with E-state index in [2.05, 4.69) is 28.4 Å². The van der Waals surface area contributed by atoms with E-state index < -0.39 is 15.7 Å². The molecule has 1 fully saturated rings. The van der Waals surface area contributed by atoms with Crippen LogP contribution in [0.25, 0.3) is 0 Å². The van der Waals surface area contributed by atoms with E-state index in [4.69, 9.17) is 0 Å². The molecular weight excluding hydrogens is 375 g/mol. The van der Waals surface area contributed by atoms with Crippen LogP contribution < -0.4 is 10.2 Å². The molecule has 1 heterocycles. The van der Waals surface area contributed by atoms with E-state index >= 15 is 0 Å². The molecule has 0 aromatic heterocycles. The normalized spacial score (nSPS) is 17.7. The van der Waals surface area contributed by atoms with Crippen LogP contribution in [0.3, 0.4) is 0 Å². The molecule has 0 saturated carbocycles. The highest BCUT2D eigenvalue weighted by Crippen LogP contribution is 2.28. The fourth-order valence-corrected chi connectivity index (χ4v) is 5.43. The van der Waals surface area contributed by atoms with Gasteiger partial charge >= 0.3 is 0 Å². The number of hydrogen-bond acceptors (Lipinski definition) is 4. The van der Waals surface area contributed by atoms with Gasteiger partial charge in [-0.1, -0.05) is 6.07 Å². The van der Waals surface area contributed by atoms with Crippen LogP contribution in [0.5, 0.6) is 0 Å². The maximum absolute atomic E-state index is 13.0. The molecular formula is C22H27FN2O2S. The SMILES string of the molecule is O=S(=O)(CCNC1CCN(c2ccc3c(c2)CCC3)CC1)c1ccc(F)cc1. The Balaban J connectivity index is 1.25. The third-order valence-electron chi connectivity index (χ3n) is 5.92. The first kappa shape index (κ1) is 19.4. The molecule has 2 aliphatic rings. The van der Waals surface area contributed by atoms with E-state index in [-0.39, 0.29) is 10.6 Å². The predicted octanol–water partition coefficient (Wildman–Crippen LogP) is 3.35. The highest BCUT2D eigenvalue weighted by Gasteiger charge is 2.21. The summed E-state index contributed by atoms with van der Waals surface area (Å²) in [6.07, 6.45) is 5.69. The molecule has 0 bridgehead atoms. The van der Waals surface area contributed by atoms with Crippen LogP contribution in [-0.4, -0.2) is 39.8 Å². The Labute approximate surface area is 166 Å². The number of benzene rings is 2. The van der Waals surface area contributed by atoms with Crippen molar-refractivity contribution in [1.82, 2.24) is 5.32 Å². The van der Waals surface area contributed by atoms with Gasteiger partial charge in [-0.25, -0.2) is 12.8 Å². The topological polar surface area (TPSA) is 49.4 Å². The molecule has 1 aliphatic carbocycles. The second kappa shape index (κ2) is 8.21. The van der Waals surface area contributed by atoms with Crippen LogP contribution in [0.1, 0.15) is 30.4 Å². The van der Waals surface area contributed by atoms with Crippen LogP contribution >= 0.6 is 0 Å². The Hall–Kier alpha value is -1.92. The molecule has 6 heteroatoms. The molecule has 0 amide bonds. The standard InChI is InChI=1S/C22H27FN2O2S/c23-19-5-8-22(9-6-19)28(26,27)15-12-24-20-10-13-25(14-11-20)21-7-4-17-2-1-3-18(17)16-21/h4-9,16,20,24H,1-3,10-15H2. The molecule has 28 heavy (non-hydrogen) atoms. The molecule has 0 atom stereocenters. The molecule has 1 saturated heterocycles. The number of nitrogens with one attached hydrogen (secondary N) is 1. The molecule has 2 aromatic rings. The smallest absolute Gasteiger partial charge is 0.179 e. The summed E-state index contributed by atoms with van der Waals surface area (Å²) < 4.78 is 37.7. The number of anilines is 1. The van der Waals surface area contributed by atoms with Gasteiger partial charge in [0.25, 0.3) is 0 Å². The van der Waals surface area contributed by atoms with Gasteiger partial charge in [0, 0.05) is 31.4 Å². The van der Waals surface area contributed by atoms with Crippen molar-refractivity contribution >= 4 is 15.5 Å². The quantitative estimate of drug-likeness (QED) is 0.753. The Morgan fingerprint density at radius 2 is 1.71 bits per heavy atom. The second-order valence-corrected chi connectivity index (χ2v) is 9.90. The molecule has 0 radical (unpaired) electrons. The van der Waals surface area contributed by atoms with Crippen molar-refractivity contribution in [1.29, 1.82) is 0 Å². The number of aryl methyl sites for hydroxylation is 2. The first-order valence-corrected chi connectivity index (χ1v) is 11.7. The lowest BCUT2D eigenvalue weighted by molar-refractivity contribution is 0.423. The Morgan fingerprint density at radius 1 is 1.00 bits per heavy atom. The van der Waals surface area contributed by atoms with E-state index in [1.807, 2.05) is 0 Å². The van der Waals surface area contributed by atoms with Gasteiger partial charge in [0.1, 0.15) is 5.82 Å². The Bertz CT molecular complexity index is 920. The van der Waals surface area contributed by atoms with Gasteiger partial charge in [0.2, 0.25) is 0 Å². The summed E-state index contributed by atoms with van der Waals surface area (Å²) in [5, 5.41) is 3.39. The molecule has 0 unspecified atom stereocenters. The number of piperidine rings is 1. The average Bonchev–Trinajstić information content (AvgIpc) is 3.16. The van der Waals surface area contributed by atoms with E-state index in [1.54, 1.807) is 0 Å². The van der Waals surface area contributed by atoms with Crippen LogP contribution in [-0.2, 0) is 22.7 Å². The minimum Gasteiger partial charge on any atom is -0.371 e. The second-order valence-electron chi connectivity index (χ2n) is 7.79. The van der Waals surface area contributed by atoms with Gasteiger partial charge in [0.15, 0.2) is 9.84 Å². The predicted molar refractivity (Wildman–Crippen MR) is 110 cm³/mol. The van der Waals surface area contributed by atoms with Gasteiger partial charge in [-0.15, -0.1) is 0 Å². The monoisotopic (exact) mass is 402 g/mol. The zero-order chi connectivity index (χ0) is 19.6. The number of sulfone groups is 1. The number of halogens is 1. The maximum atomic E-state index is 13.0. The lowest BCUT2D eigenvalue weighted by Crippen LogP contribution is -2.43. The summed E-state index contributed by atoms with van der Waals surface area (Å²) in [5.41, 5.74) is 4.32. The largest absolute Gasteiger partial charge is 0.371 e. The summed E-state index contributed by atoms with van der Waals surface area (Å²) in [4.78, 5) is 2.62. The number of hydrogen-bond donors (Lipinski definition) is 1. The third-order valence-corrected chi connectivity index (χ3v) is 7.65. The van der Waals surface area contributed by atoms with Crippen molar-refractivity contribution in [3.05, 3.63) is 59.4 Å². The number of rotatable bonds is 6.